The van der Waals surface area contributed by atoms with Crippen molar-refractivity contribution < 1.29 is 9.53 Å². The molecule has 2 aromatic heterocycles. The number of methoxy groups -OCH3 is 1. The summed E-state index contributed by atoms with van der Waals surface area (Å²) in [5.41, 5.74) is 5.99. The summed E-state index contributed by atoms with van der Waals surface area (Å²) in [7, 11) is 3.49. The molecule has 9 heteroatoms. The maximum Gasteiger partial charge on any atom is 0.241 e. The zero-order chi connectivity index (χ0) is 25.9. The minimum atomic E-state index is -0.169. The Morgan fingerprint density at radius 3 is 2.76 bits per heavy atom. The molecule has 0 spiro atoms. The Labute approximate surface area is 218 Å². The number of aromatic nitrogens is 4. The Kier molecular flexibility index (Phi) is 7.34. The summed E-state index contributed by atoms with van der Waals surface area (Å²) in [6, 6.07) is 7.87. The molecule has 0 bridgehead atoms. The van der Waals surface area contributed by atoms with Gasteiger partial charge in [0.15, 0.2) is 0 Å². The summed E-state index contributed by atoms with van der Waals surface area (Å²) >= 11 is 0. The number of amides is 1. The number of ether oxygens (including phenoxy) is 1. The van der Waals surface area contributed by atoms with Crippen LogP contribution in [0.5, 0.6) is 5.88 Å². The number of piperazine rings is 1. The van der Waals surface area contributed by atoms with Gasteiger partial charge in [0.25, 0.3) is 0 Å². The Hall–Kier alpha value is -3.56. The van der Waals surface area contributed by atoms with E-state index in [4.69, 9.17) is 9.72 Å². The van der Waals surface area contributed by atoms with E-state index < -0.39 is 0 Å². The van der Waals surface area contributed by atoms with Gasteiger partial charge in [-0.2, -0.15) is 0 Å². The van der Waals surface area contributed by atoms with Crippen molar-refractivity contribution in [2.24, 2.45) is 7.05 Å². The molecule has 1 aliphatic carbocycles. The van der Waals surface area contributed by atoms with E-state index in [9.17, 15) is 4.79 Å². The van der Waals surface area contributed by atoms with E-state index in [-0.39, 0.29) is 11.9 Å². The van der Waals surface area contributed by atoms with Crippen LogP contribution < -0.4 is 10.1 Å². The molecule has 37 heavy (non-hydrogen) atoms. The number of nitrogens with zero attached hydrogens (tertiary/aromatic N) is 6. The number of likely N-dealkylation sites (N-methyl/N-ethyl adjacent to an activating group) is 1. The Balaban J connectivity index is 1.31. The number of allylic oxidation sites excluding steroid dienone is 1. The lowest BCUT2D eigenvalue weighted by Gasteiger charge is -2.37. The average molecular weight is 502 g/mol. The van der Waals surface area contributed by atoms with E-state index in [0.717, 1.165) is 72.8 Å². The first kappa shape index (κ1) is 25.1. The van der Waals surface area contributed by atoms with E-state index >= 15 is 0 Å². The van der Waals surface area contributed by atoms with Crippen LogP contribution in [0.25, 0.3) is 5.57 Å². The molecule has 0 saturated carbocycles. The smallest absolute Gasteiger partial charge is 0.241 e. The maximum absolute atomic E-state index is 13.2. The molecule has 1 aromatic carbocycles. The van der Waals surface area contributed by atoms with Crippen LogP contribution in [-0.2, 0) is 24.7 Å². The van der Waals surface area contributed by atoms with Gasteiger partial charge in [-0.05, 0) is 43.1 Å². The number of hydrogen-bond acceptors (Lipinski definition) is 7. The lowest BCUT2D eigenvalue weighted by molar-refractivity contribution is -0.121. The van der Waals surface area contributed by atoms with Gasteiger partial charge in [-0.25, -0.2) is 9.97 Å². The lowest BCUT2D eigenvalue weighted by atomic mass is 10.0. The van der Waals surface area contributed by atoms with E-state index in [1.807, 2.05) is 38.4 Å². The quantitative estimate of drug-likeness (QED) is 0.508. The van der Waals surface area contributed by atoms with Gasteiger partial charge in [0.2, 0.25) is 11.8 Å². The molecule has 1 saturated heterocycles. The fourth-order valence-electron chi connectivity index (χ4n) is 5.22. The summed E-state index contributed by atoms with van der Waals surface area (Å²) < 4.78 is 7.12. The highest BCUT2D eigenvalue weighted by Gasteiger charge is 2.27. The molecule has 3 aromatic rings. The first-order valence-corrected chi connectivity index (χ1v) is 12.9. The summed E-state index contributed by atoms with van der Waals surface area (Å²) in [4.78, 5) is 27.2. The fourth-order valence-corrected chi connectivity index (χ4v) is 5.22. The molecule has 9 nitrogen and oxygen atoms in total. The molecule has 0 unspecified atom stereocenters. The van der Waals surface area contributed by atoms with Crippen LogP contribution in [0.3, 0.4) is 0 Å². The predicted octanol–water partition coefficient (Wildman–Crippen LogP) is 2.76. The molecule has 1 aliphatic heterocycles. The van der Waals surface area contributed by atoms with Crippen LogP contribution in [0.2, 0.25) is 0 Å². The van der Waals surface area contributed by atoms with Crippen molar-refractivity contribution in [3.63, 3.8) is 0 Å². The molecule has 1 amide bonds. The van der Waals surface area contributed by atoms with E-state index in [1.54, 1.807) is 18.0 Å². The third-order valence-electron chi connectivity index (χ3n) is 7.40. The SMILES string of the molecule is CCN1CCN([C@H](C)C(=O)Nc2cccc3c2CC=C3c2ccnc(Cc3cn(C)nc3OC)n2)CC1. The normalized spacial score (nSPS) is 16.8. The largest absolute Gasteiger partial charge is 0.480 e. The summed E-state index contributed by atoms with van der Waals surface area (Å²) in [5, 5.41) is 7.54. The topological polar surface area (TPSA) is 88.4 Å². The second kappa shape index (κ2) is 10.8. The third kappa shape index (κ3) is 5.28. The van der Waals surface area contributed by atoms with Gasteiger partial charge in [-0.1, -0.05) is 25.1 Å². The summed E-state index contributed by atoms with van der Waals surface area (Å²) in [6.07, 6.45) is 7.19. The van der Waals surface area contributed by atoms with Crippen molar-refractivity contribution in [3.05, 3.63) is 70.9 Å². The summed E-state index contributed by atoms with van der Waals surface area (Å²) in [5.74, 6) is 1.34. The molecular weight excluding hydrogens is 466 g/mol. The highest BCUT2D eigenvalue weighted by molar-refractivity contribution is 5.97. The van der Waals surface area contributed by atoms with Gasteiger partial charge >= 0.3 is 0 Å². The number of benzene rings is 1. The minimum Gasteiger partial charge on any atom is -0.480 e. The average Bonchev–Trinajstić information content (AvgIpc) is 3.52. The molecule has 1 N–H and O–H groups in total. The highest BCUT2D eigenvalue weighted by Crippen LogP contribution is 2.36. The van der Waals surface area contributed by atoms with Crippen molar-refractivity contribution >= 4 is 17.2 Å². The van der Waals surface area contributed by atoms with Crippen molar-refractivity contribution in [2.45, 2.75) is 32.7 Å². The van der Waals surface area contributed by atoms with Crippen LogP contribution in [0.4, 0.5) is 5.69 Å². The number of aryl methyl sites for hydroxylation is 1. The van der Waals surface area contributed by atoms with Crippen molar-refractivity contribution in [3.8, 4) is 5.88 Å². The number of fused-ring (bicyclic) bond motifs is 1. The number of nitrogens with one attached hydrogen (secondary N) is 1. The number of rotatable bonds is 8. The van der Waals surface area contributed by atoms with Gasteiger partial charge in [0, 0.05) is 68.9 Å². The molecule has 194 valence electrons. The van der Waals surface area contributed by atoms with Gasteiger partial charge in [0.05, 0.1) is 18.8 Å². The maximum atomic E-state index is 13.2. The van der Waals surface area contributed by atoms with E-state index in [1.165, 1.54) is 0 Å². The van der Waals surface area contributed by atoms with Gasteiger partial charge in [-0.15, -0.1) is 5.10 Å². The van der Waals surface area contributed by atoms with E-state index in [2.05, 4.69) is 44.3 Å². The summed E-state index contributed by atoms with van der Waals surface area (Å²) in [6.45, 7) is 9.11. The number of hydrogen-bond donors (Lipinski definition) is 1. The van der Waals surface area contributed by atoms with Crippen LogP contribution in [0.1, 0.15) is 42.1 Å². The Morgan fingerprint density at radius 1 is 1.19 bits per heavy atom. The van der Waals surface area contributed by atoms with Crippen LogP contribution in [-0.4, -0.2) is 81.3 Å². The minimum absolute atomic E-state index is 0.0431. The predicted molar refractivity (Wildman–Crippen MR) is 144 cm³/mol. The van der Waals surface area contributed by atoms with Gasteiger partial charge in [-0.3, -0.25) is 14.4 Å². The van der Waals surface area contributed by atoms with Crippen LogP contribution in [0, 0.1) is 0 Å². The van der Waals surface area contributed by atoms with Crippen LogP contribution >= 0.6 is 0 Å². The Bertz CT molecular complexity index is 1310. The van der Waals surface area contributed by atoms with Crippen molar-refractivity contribution in [2.75, 3.05) is 45.2 Å². The second-order valence-electron chi connectivity index (χ2n) is 9.66. The van der Waals surface area contributed by atoms with Gasteiger partial charge < -0.3 is 15.0 Å². The second-order valence-corrected chi connectivity index (χ2v) is 9.66. The lowest BCUT2D eigenvalue weighted by Crippen LogP contribution is -2.52. The zero-order valence-corrected chi connectivity index (χ0v) is 22.1. The van der Waals surface area contributed by atoms with Crippen molar-refractivity contribution in [1.29, 1.82) is 0 Å². The zero-order valence-electron chi connectivity index (χ0n) is 22.1. The van der Waals surface area contributed by atoms with E-state index in [0.29, 0.717) is 18.1 Å². The molecule has 1 fully saturated rings. The number of carbonyl (C=O) groups excluding carboxylic acids is 1. The number of carbonyl (C=O) groups is 1. The fraction of sp³-hybridized carbons (Fsp3) is 0.429. The first-order valence-electron chi connectivity index (χ1n) is 12.9. The molecule has 0 radical (unpaired) electrons. The number of anilines is 1. The first-order chi connectivity index (χ1) is 18.0. The van der Waals surface area contributed by atoms with Crippen LogP contribution in [0.15, 0.2) is 42.7 Å². The molecular formula is C28H35N7O2. The van der Waals surface area contributed by atoms with Crippen molar-refractivity contribution in [1.82, 2.24) is 29.5 Å². The van der Waals surface area contributed by atoms with Gasteiger partial charge in [0.1, 0.15) is 5.82 Å². The molecule has 5 rings (SSSR count). The monoisotopic (exact) mass is 501 g/mol. The standard InChI is InChI=1S/C28H35N7O2/c1-5-34-13-15-35(16-14-34)19(2)27(36)31-24-8-6-7-21-22(24)9-10-23(21)25-11-12-29-26(30-25)17-20-18-33(3)32-28(20)37-4/h6-8,10-12,18-19H,5,9,13-17H2,1-4H3,(H,31,36)/t19-/m1/s1. The molecule has 3 heterocycles. The molecule has 1 atom stereocenters. The third-order valence-corrected chi connectivity index (χ3v) is 7.40. The highest BCUT2D eigenvalue weighted by atomic mass is 16.5. The Morgan fingerprint density at radius 2 is 2.00 bits per heavy atom. The molecule has 2 aliphatic rings.